The fourth-order valence-corrected chi connectivity index (χ4v) is 2.38. The van der Waals surface area contributed by atoms with Crippen LogP contribution >= 0.6 is 0 Å². The van der Waals surface area contributed by atoms with Crippen molar-refractivity contribution in [2.75, 3.05) is 52.5 Å². The van der Waals surface area contributed by atoms with Gasteiger partial charge in [0, 0.05) is 39.3 Å². The number of rotatable bonds is 5. The van der Waals surface area contributed by atoms with Crippen molar-refractivity contribution in [2.24, 2.45) is 5.92 Å². The molecule has 0 amide bonds. The SMILES string of the molecule is CC1CN(CCNCC2CCOC2)CCO1. The largest absolute Gasteiger partial charge is 0.381 e. The summed E-state index contributed by atoms with van der Waals surface area (Å²) in [6.07, 6.45) is 1.62. The normalized spacial score (nSPS) is 32.1. The van der Waals surface area contributed by atoms with E-state index in [2.05, 4.69) is 17.1 Å². The van der Waals surface area contributed by atoms with E-state index < -0.39 is 0 Å². The van der Waals surface area contributed by atoms with E-state index in [1.54, 1.807) is 0 Å². The maximum atomic E-state index is 5.52. The first-order valence-corrected chi connectivity index (χ1v) is 6.47. The third kappa shape index (κ3) is 4.01. The van der Waals surface area contributed by atoms with Gasteiger partial charge in [0.25, 0.3) is 0 Å². The Morgan fingerprint density at radius 2 is 2.31 bits per heavy atom. The Bertz CT molecular complexity index is 195. The highest BCUT2D eigenvalue weighted by molar-refractivity contribution is 4.70. The molecule has 2 unspecified atom stereocenters. The molecule has 0 aliphatic carbocycles. The zero-order chi connectivity index (χ0) is 11.2. The molecular formula is C12H24N2O2. The lowest BCUT2D eigenvalue weighted by Gasteiger charge is -2.31. The topological polar surface area (TPSA) is 33.7 Å². The molecule has 0 bridgehead atoms. The Morgan fingerprint density at radius 1 is 1.38 bits per heavy atom. The Hall–Kier alpha value is -0.160. The van der Waals surface area contributed by atoms with Crippen LogP contribution in [0.15, 0.2) is 0 Å². The van der Waals surface area contributed by atoms with Crippen molar-refractivity contribution in [3.63, 3.8) is 0 Å². The second-order valence-corrected chi connectivity index (χ2v) is 4.92. The molecule has 0 saturated carbocycles. The van der Waals surface area contributed by atoms with Crippen molar-refractivity contribution >= 4 is 0 Å². The van der Waals surface area contributed by atoms with E-state index in [1.807, 2.05) is 0 Å². The van der Waals surface area contributed by atoms with Gasteiger partial charge in [0.15, 0.2) is 0 Å². The molecular weight excluding hydrogens is 204 g/mol. The molecule has 16 heavy (non-hydrogen) atoms. The van der Waals surface area contributed by atoms with E-state index in [0.717, 1.165) is 58.5 Å². The van der Waals surface area contributed by atoms with Gasteiger partial charge in [-0.15, -0.1) is 0 Å². The number of hydrogen-bond acceptors (Lipinski definition) is 4. The minimum atomic E-state index is 0.400. The van der Waals surface area contributed by atoms with Crippen molar-refractivity contribution in [3.8, 4) is 0 Å². The summed E-state index contributed by atoms with van der Waals surface area (Å²) in [4.78, 5) is 2.48. The monoisotopic (exact) mass is 228 g/mol. The first-order valence-electron chi connectivity index (χ1n) is 6.47. The van der Waals surface area contributed by atoms with Crippen LogP contribution < -0.4 is 5.32 Å². The molecule has 0 radical (unpaired) electrons. The van der Waals surface area contributed by atoms with E-state index in [0.29, 0.717) is 6.10 Å². The summed E-state index contributed by atoms with van der Waals surface area (Å²) < 4.78 is 10.9. The smallest absolute Gasteiger partial charge is 0.0674 e. The molecule has 2 heterocycles. The van der Waals surface area contributed by atoms with Crippen LogP contribution in [0.3, 0.4) is 0 Å². The van der Waals surface area contributed by atoms with Gasteiger partial charge in [0.05, 0.1) is 19.3 Å². The van der Waals surface area contributed by atoms with Crippen LogP contribution in [0.4, 0.5) is 0 Å². The van der Waals surface area contributed by atoms with Crippen molar-refractivity contribution in [3.05, 3.63) is 0 Å². The standard InChI is InChI=1S/C12H24N2O2/c1-11-9-14(5-7-16-11)4-3-13-8-12-2-6-15-10-12/h11-13H,2-10H2,1H3. The predicted molar refractivity (Wildman–Crippen MR) is 63.6 cm³/mol. The number of hydrogen-bond donors (Lipinski definition) is 1. The highest BCUT2D eigenvalue weighted by atomic mass is 16.5. The van der Waals surface area contributed by atoms with Crippen molar-refractivity contribution in [1.29, 1.82) is 0 Å². The molecule has 2 saturated heterocycles. The summed E-state index contributed by atoms with van der Waals surface area (Å²) >= 11 is 0. The first-order chi connectivity index (χ1) is 7.84. The van der Waals surface area contributed by atoms with Crippen LogP contribution in [-0.2, 0) is 9.47 Å². The highest BCUT2D eigenvalue weighted by Crippen LogP contribution is 2.10. The second kappa shape index (κ2) is 6.55. The summed E-state index contributed by atoms with van der Waals surface area (Å²) in [6.45, 7) is 10.4. The molecule has 4 nitrogen and oxygen atoms in total. The predicted octanol–water partition coefficient (Wildman–Crippen LogP) is 0.333. The molecule has 0 aromatic carbocycles. The van der Waals surface area contributed by atoms with E-state index in [1.165, 1.54) is 6.42 Å². The molecule has 4 heteroatoms. The zero-order valence-corrected chi connectivity index (χ0v) is 10.3. The summed E-state index contributed by atoms with van der Waals surface area (Å²) in [7, 11) is 0. The summed E-state index contributed by atoms with van der Waals surface area (Å²) in [5.41, 5.74) is 0. The first kappa shape index (κ1) is 12.3. The molecule has 2 fully saturated rings. The van der Waals surface area contributed by atoms with Gasteiger partial charge in [-0.3, -0.25) is 4.90 Å². The second-order valence-electron chi connectivity index (χ2n) is 4.92. The number of morpholine rings is 1. The maximum absolute atomic E-state index is 5.52. The minimum absolute atomic E-state index is 0.400. The lowest BCUT2D eigenvalue weighted by molar-refractivity contribution is -0.0176. The van der Waals surface area contributed by atoms with Crippen LogP contribution in [0.1, 0.15) is 13.3 Å². The van der Waals surface area contributed by atoms with Crippen LogP contribution in [0, 0.1) is 5.92 Å². The lowest BCUT2D eigenvalue weighted by atomic mass is 10.1. The fraction of sp³-hybridized carbons (Fsp3) is 1.00. The number of nitrogens with one attached hydrogen (secondary N) is 1. The van der Waals surface area contributed by atoms with Gasteiger partial charge >= 0.3 is 0 Å². The van der Waals surface area contributed by atoms with Crippen LogP contribution in [-0.4, -0.2) is 63.5 Å². The van der Waals surface area contributed by atoms with Gasteiger partial charge in [-0.1, -0.05) is 0 Å². The van der Waals surface area contributed by atoms with Crippen LogP contribution in [0.5, 0.6) is 0 Å². The molecule has 1 N–H and O–H groups in total. The minimum Gasteiger partial charge on any atom is -0.381 e. The molecule has 0 aromatic heterocycles. The number of nitrogens with zero attached hydrogens (tertiary/aromatic N) is 1. The van der Waals surface area contributed by atoms with E-state index in [-0.39, 0.29) is 0 Å². The summed E-state index contributed by atoms with van der Waals surface area (Å²) in [6, 6.07) is 0. The maximum Gasteiger partial charge on any atom is 0.0674 e. The fourth-order valence-electron chi connectivity index (χ4n) is 2.38. The Morgan fingerprint density at radius 3 is 3.06 bits per heavy atom. The van der Waals surface area contributed by atoms with E-state index in [9.17, 15) is 0 Å². The van der Waals surface area contributed by atoms with Crippen LogP contribution in [0.25, 0.3) is 0 Å². The zero-order valence-electron chi connectivity index (χ0n) is 10.3. The van der Waals surface area contributed by atoms with Gasteiger partial charge in [-0.25, -0.2) is 0 Å². The molecule has 2 rings (SSSR count). The Labute approximate surface area is 98.3 Å². The van der Waals surface area contributed by atoms with Gasteiger partial charge in [0.1, 0.15) is 0 Å². The van der Waals surface area contributed by atoms with Gasteiger partial charge in [-0.05, 0) is 19.3 Å². The molecule has 2 aliphatic heterocycles. The third-order valence-electron chi connectivity index (χ3n) is 3.39. The average Bonchev–Trinajstić information content (AvgIpc) is 2.77. The highest BCUT2D eigenvalue weighted by Gasteiger charge is 2.17. The molecule has 2 aliphatic rings. The van der Waals surface area contributed by atoms with Gasteiger partial charge < -0.3 is 14.8 Å². The third-order valence-corrected chi connectivity index (χ3v) is 3.39. The van der Waals surface area contributed by atoms with E-state index >= 15 is 0 Å². The lowest BCUT2D eigenvalue weighted by Crippen LogP contribution is -2.44. The Kier molecular flexibility index (Phi) is 5.03. The van der Waals surface area contributed by atoms with E-state index in [4.69, 9.17) is 9.47 Å². The summed E-state index contributed by atoms with van der Waals surface area (Å²) in [5.74, 6) is 0.739. The van der Waals surface area contributed by atoms with Crippen LogP contribution in [0.2, 0.25) is 0 Å². The molecule has 0 spiro atoms. The number of ether oxygens (including phenoxy) is 2. The molecule has 94 valence electrons. The quantitative estimate of drug-likeness (QED) is 0.688. The van der Waals surface area contributed by atoms with Crippen molar-refractivity contribution < 1.29 is 9.47 Å². The molecule has 2 atom stereocenters. The van der Waals surface area contributed by atoms with Gasteiger partial charge in [-0.2, -0.15) is 0 Å². The van der Waals surface area contributed by atoms with Gasteiger partial charge in [0.2, 0.25) is 0 Å². The van der Waals surface area contributed by atoms with Crippen molar-refractivity contribution in [2.45, 2.75) is 19.4 Å². The molecule has 0 aromatic rings. The Balaban J connectivity index is 1.50. The van der Waals surface area contributed by atoms with Crippen molar-refractivity contribution in [1.82, 2.24) is 10.2 Å². The summed E-state index contributed by atoms with van der Waals surface area (Å²) in [5, 5.41) is 3.53. The average molecular weight is 228 g/mol.